The summed E-state index contributed by atoms with van der Waals surface area (Å²) in [6.45, 7) is 0. The summed E-state index contributed by atoms with van der Waals surface area (Å²) in [5.74, 6) is 0.405. The minimum atomic E-state index is -4.30. The molecule has 0 bridgehead atoms. The molecular formula is C13H12F3N3. The summed E-state index contributed by atoms with van der Waals surface area (Å²) in [5, 5.41) is 6.86. The Hall–Kier alpha value is -1.98. The number of nitrogens with zero attached hydrogens (tertiary/aromatic N) is 2. The quantitative estimate of drug-likeness (QED) is 0.856. The molecule has 2 atom stereocenters. The van der Waals surface area contributed by atoms with Crippen LogP contribution in [0.5, 0.6) is 0 Å². The van der Waals surface area contributed by atoms with Gasteiger partial charge in [0.1, 0.15) is 5.82 Å². The highest BCUT2D eigenvalue weighted by molar-refractivity contribution is 5.41. The first kappa shape index (κ1) is 12.1. The second-order valence-corrected chi connectivity index (χ2v) is 4.56. The zero-order chi connectivity index (χ0) is 13.5. The molecule has 1 aliphatic rings. The lowest BCUT2D eigenvalue weighted by Crippen LogP contribution is -2.35. The molecule has 0 spiro atoms. The van der Waals surface area contributed by atoms with Gasteiger partial charge in [-0.1, -0.05) is 30.3 Å². The Morgan fingerprint density at radius 3 is 2.58 bits per heavy atom. The average Bonchev–Trinajstić information content (AvgIpc) is 2.85. The van der Waals surface area contributed by atoms with Crippen molar-refractivity contribution in [3.8, 4) is 0 Å². The number of halogens is 3. The summed E-state index contributed by atoms with van der Waals surface area (Å²) < 4.78 is 40.3. The monoisotopic (exact) mass is 267 g/mol. The van der Waals surface area contributed by atoms with Crippen LogP contribution in [0.4, 0.5) is 19.0 Å². The van der Waals surface area contributed by atoms with Crippen molar-refractivity contribution >= 4 is 5.82 Å². The normalized spacial score (nSPS) is 22.7. The van der Waals surface area contributed by atoms with Gasteiger partial charge in [-0.3, -0.25) is 0 Å². The Labute approximate surface area is 108 Å². The fourth-order valence-corrected chi connectivity index (χ4v) is 2.41. The van der Waals surface area contributed by atoms with Crippen molar-refractivity contribution in [2.24, 2.45) is 0 Å². The number of hydrogen-bond donors (Lipinski definition) is 1. The maximum Gasteiger partial charge on any atom is 0.410 e. The van der Waals surface area contributed by atoms with Crippen molar-refractivity contribution in [2.75, 3.05) is 5.32 Å². The number of fused-ring (bicyclic) bond motifs is 1. The fourth-order valence-electron chi connectivity index (χ4n) is 2.41. The minimum Gasteiger partial charge on any atom is -0.363 e. The van der Waals surface area contributed by atoms with E-state index in [0.717, 1.165) is 10.2 Å². The molecule has 2 aromatic rings. The molecule has 3 nitrogen and oxygen atoms in total. The fraction of sp³-hybridized carbons (Fsp3) is 0.308. The van der Waals surface area contributed by atoms with Crippen LogP contribution in [0.2, 0.25) is 0 Å². The van der Waals surface area contributed by atoms with Crippen molar-refractivity contribution in [3.05, 3.63) is 48.2 Å². The molecule has 100 valence electrons. The van der Waals surface area contributed by atoms with Crippen LogP contribution in [0.15, 0.2) is 42.6 Å². The molecule has 6 heteroatoms. The summed E-state index contributed by atoms with van der Waals surface area (Å²) in [4.78, 5) is 0. The van der Waals surface area contributed by atoms with E-state index in [4.69, 9.17) is 0 Å². The van der Waals surface area contributed by atoms with Crippen LogP contribution in [0.1, 0.15) is 24.1 Å². The summed E-state index contributed by atoms with van der Waals surface area (Å²) in [6.07, 6.45) is -2.97. The predicted octanol–water partition coefficient (Wildman–Crippen LogP) is 3.54. The number of alkyl halides is 3. The Balaban J connectivity index is 1.97. The number of anilines is 1. The van der Waals surface area contributed by atoms with E-state index in [1.54, 1.807) is 6.07 Å². The molecule has 0 fully saturated rings. The molecule has 1 aromatic carbocycles. The van der Waals surface area contributed by atoms with E-state index < -0.39 is 12.2 Å². The third-order valence-corrected chi connectivity index (χ3v) is 3.33. The molecule has 0 amide bonds. The lowest BCUT2D eigenvalue weighted by Gasteiger charge is -2.33. The van der Waals surface area contributed by atoms with Crippen LogP contribution < -0.4 is 5.32 Å². The molecule has 2 heterocycles. The summed E-state index contributed by atoms with van der Waals surface area (Å²) in [5.41, 5.74) is 0.851. The van der Waals surface area contributed by atoms with Gasteiger partial charge in [-0.15, -0.1) is 0 Å². The first-order valence-electron chi connectivity index (χ1n) is 5.97. The Bertz CT molecular complexity index is 562. The van der Waals surface area contributed by atoms with Crippen molar-refractivity contribution < 1.29 is 13.2 Å². The lowest BCUT2D eigenvalue weighted by molar-refractivity contribution is -0.173. The zero-order valence-electron chi connectivity index (χ0n) is 9.93. The van der Waals surface area contributed by atoms with Crippen LogP contribution >= 0.6 is 0 Å². The highest BCUT2D eigenvalue weighted by Gasteiger charge is 2.46. The average molecular weight is 267 g/mol. The van der Waals surface area contributed by atoms with Gasteiger partial charge in [0, 0.05) is 12.5 Å². The summed E-state index contributed by atoms with van der Waals surface area (Å²) in [7, 11) is 0. The van der Waals surface area contributed by atoms with E-state index in [2.05, 4.69) is 10.4 Å². The number of nitrogens with one attached hydrogen (secondary N) is 1. The van der Waals surface area contributed by atoms with Crippen molar-refractivity contribution in [1.29, 1.82) is 0 Å². The lowest BCUT2D eigenvalue weighted by atomic mass is 9.97. The van der Waals surface area contributed by atoms with E-state index in [0.29, 0.717) is 5.82 Å². The first-order valence-corrected chi connectivity index (χ1v) is 5.97. The van der Waals surface area contributed by atoms with E-state index in [-0.39, 0.29) is 12.5 Å². The van der Waals surface area contributed by atoms with Crippen molar-refractivity contribution in [2.45, 2.75) is 24.7 Å². The predicted molar refractivity (Wildman–Crippen MR) is 64.7 cm³/mol. The van der Waals surface area contributed by atoms with Crippen LogP contribution in [0, 0.1) is 0 Å². The molecule has 0 aliphatic carbocycles. The van der Waals surface area contributed by atoms with Gasteiger partial charge in [-0.25, -0.2) is 4.68 Å². The Kier molecular flexibility index (Phi) is 2.73. The maximum atomic E-state index is 13.1. The van der Waals surface area contributed by atoms with E-state index >= 15 is 0 Å². The number of benzene rings is 1. The van der Waals surface area contributed by atoms with Gasteiger partial charge < -0.3 is 5.32 Å². The topological polar surface area (TPSA) is 29.9 Å². The van der Waals surface area contributed by atoms with Crippen LogP contribution in [0.25, 0.3) is 0 Å². The standard InChI is InChI=1S/C13H12F3N3/c14-13(15,16)11-8-10(9-4-2-1-3-5-9)18-12-6-7-17-19(11)12/h1-7,10-11,18H,8H2/t10-,11+/m1/s1. The third kappa shape index (κ3) is 2.18. The molecular weight excluding hydrogens is 255 g/mol. The van der Waals surface area contributed by atoms with Crippen LogP contribution in [-0.4, -0.2) is 16.0 Å². The van der Waals surface area contributed by atoms with E-state index in [1.807, 2.05) is 30.3 Å². The van der Waals surface area contributed by atoms with E-state index in [1.165, 1.54) is 6.20 Å². The second kappa shape index (κ2) is 4.29. The highest BCUT2D eigenvalue weighted by atomic mass is 19.4. The molecule has 0 saturated carbocycles. The summed E-state index contributed by atoms with van der Waals surface area (Å²) >= 11 is 0. The largest absolute Gasteiger partial charge is 0.410 e. The SMILES string of the molecule is FC(F)(F)[C@@H]1C[C@H](c2ccccc2)Nc2ccnn21. The number of aromatic nitrogens is 2. The summed E-state index contributed by atoms with van der Waals surface area (Å²) in [6, 6.07) is 8.79. The molecule has 0 saturated heterocycles. The molecule has 1 aromatic heterocycles. The molecule has 0 unspecified atom stereocenters. The zero-order valence-corrected chi connectivity index (χ0v) is 9.93. The number of hydrogen-bond acceptors (Lipinski definition) is 2. The molecule has 1 N–H and O–H groups in total. The second-order valence-electron chi connectivity index (χ2n) is 4.56. The van der Waals surface area contributed by atoms with Crippen LogP contribution in [0.3, 0.4) is 0 Å². The molecule has 3 rings (SSSR count). The van der Waals surface area contributed by atoms with Crippen molar-refractivity contribution in [1.82, 2.24) is 9.78 Å². The van der Waals surface area contributed by atoms with Gasteiger partial charge in [-0.05, 0) is 5.56 Å². The maximum absolute atomic E-state index is 13.1. The van der Waals surface area contributed by atoms with Gasteiger partial charge in [0.25, 0.3) is 0 Å². The molecule has 1 aliphatic heterocycles. The van der Waals surface area contributed by atoms with Gasteiger partial charge in [0.15, 0.2) is 6.04 Å². The Morgan fingerprint density at radius 1 is 1.16 bits per heavy atom. The van der Waals surface area contributed by atoms with Crippen LogP contribution in [-0.2, 0) is 0 Å². The van der Waals surface area contributed by atoms with E-state index in [9.17, 15) is 13.2 Å². The highest BCUT2D eigenvalue weighted by Crippen LogP contribution is 2.42. The van der Waals surface area contributed by atoms with Crippen molar-refractivity contribution in [3.63, 3.8) is 0 Å². The van der Waals surface area contributed by atoms with Gasteiger partial charge in [0.2, 0.25) is 0 Å². The minimum absolute atomic E-state index is 0.0534. The molecule has 0 radical (unpaired) electrons. The Morgan fingerprint density at radius 2 is 1.89 bits per heavy atom. The van der Waals surface area contributed by atoms with Gasteiger partial charge in [-0.2, -0.15) is 18.3 Å². The first-order chi connectivity index (χ1) is 9.05. The smallest absolute Gasteiger partial charge is 0.363 e. The number of rotatable bonds is 1. The molecule has 19 heavy (non-hydrogen) atoms. The van der Waals surface area contributed by atoms with Gasteiger partial charge in [0.05, 0.1) is 12.2 Å². The van der Waals surface area contributed by atoms with Gasteiger partial charge >= 0.3 is 6.18 Å². The third-order valence-electron chi connectivity index (χ3n) is 3.33.